The highest BCUT2D eigenvalue weighted by Crippen LogP contribution is 2.33. The first kappa shape index (κ1) is 12.6. The molecule has 17 heavy (non-hydrogen) atoms. The van der Waals surface area contributed by atoms with Gasteiger partial charge in [0, 0.05) is 13.1 Å². The molecule has 1 aliphatic heterocycles. The molecule has 5 nitrogen and oxygen atoms in total. The second-order valence-electron chi connectivity index (χ2n) is 4.39. The molecule has 3 N–H and O–H groups in total. The molecule has 0 aliphatic carbocycles. The quantitative estimate of drug-likeness (QED) is 0.659. The van der Waals surface area contributed by atoms with Gasteiger partial charge in [0.2, 0.25) is 0 Å². The third-order valence-corrected chi connectivity index (χ3v) is 3.92. The van der Waals surface area contributed by atoms with Gasteiger partial charge < -0.3 is 10.3 Å². The fraction of sp³-hybridized carbons (Fsp3) is 0.636. The second kappa shape index (κ2) is 5.64. The topological polar surface area (TPSA) is 67.1 Å². The van der Waals surface area contributed by atoms with Gasteiger partial charge in [-0.3, -0.25) is 0 Å². The van der Waals surface area contributed by atoms with Crippen LogP contribution in [0.3, 0.4) is 0 Å². The van der Waals surface area contributed by atoms with E-state index in [0.717, 1.165) is 29.3 Å². The third kappa shape index (κ3) is 2.69. The van der Waals surface area contributed by atoms with E-state index in [2.05, 4.69) is 43.1 Å². The van der Waals surface area contributed by atoms with Crippen molar-refractivity contribution >= 4 is 27.6 Å². The second-order valence-corrected chi connectivity index (χ2v) is 5.19. The lowest BCUT2D eigenvalue weighted by Crippen LogP contribution is -2.22. The molecule has 1 saturated heterocycles. The van der Waals surface area contributed by atoms with Crippen molar-refractivity contribution in [1.29, 1.82) is 0 Å². The Morgan fingerprint density at radius 3 is 3.12 bits per heavy atom. The molecule has 1 aromatic rings. The van der Waals surface area contributed by atoms with Crippen LogP contribution in [-0.4, -0.2) is 23.1 Å². The minimum Gasteiger partial charge on any atom is -0.355 e. The Morgan fingerprint density at radius 2 is 2.41 bits per heavy atom. The van der Waals surface area contributed by atoms with Crippen LogP contribution in [0.4, 0.5) is 11.6 Å². The largest absolute Gasteiger partial charge is 0.355 e. The van der Waals surface area contributed by atoms with Gasteiger partial charge in [0.25, 0.3) is 0 Å². The predicted octanol–water partition coefficient (Wildman–Crippen LogP) is 2.15. The zero-order chi connectivity index (χ0) is 12.3. The smallest absolute Gasteiger partial charge is 0.159 e. The van der Waals surface area contributed by atoms with Crippen molar-refractivity contribution in [2.45, 2.75) is 26.2 Å². The first-order valence-electron chi connectivity index (χ1n) is 5.98. The van der Waals surface area contributed by atoms with Gasteiger partial charge in [-0.05, 0) is 34.7 Å². The van der Waals surface area contributed by atoms with Crippen LogP contribution in [0.15, 0.2) is 10.8 Å². The number of aromatic nitrogens is 2. The Labute approximate surface area is 110 Å². The zero-order valence-electron chi connectivity index (χ0n) is 9.99. The van der Waals surface area contributed by atoms with Crippen LogP contribution in [-0.2, 0) is 0 Å². The summed E-state index contributed by atoms with van der Waals surface area (Å²) in [5, 5.41) is 0. The van der Waals surface area contributed by atoms with E-state index in [1.807, 2.05) is 0 Å². The molecule has 2 heterocycles. The molecular formula is C11H18BrN5. The first-order valence-corrected chi connectivity index (χ1v) is 6.77. The lowest BCUT2D eigenvalue weighted by atomic mass is 10.0. The zero-order valence-corrected chi connectivity index (χ0v) is 11.6. The summed E-state index contributed by atoms with van der Waals surface area (Å²) in [7, 11) is 0. The molecule has 1 unspecified atom stereocenters. The SMILES string of the molecule is CCCC1CCN(c2ncnc(NN)c2Br)C1. The molecule has 0 amide bonds. The number of nitrogen functional groups attached to an aromatic ring is 1. The maximum Gasteiger partial charge on any atom is 0.159 e. The Bertz CT molecular complexity index is 384. The molecule has 1 aromatic heterocycles. The summed E-state index contributed by atoms with van der Waals surface area (Å²) in [6.07, 6.45) is 5.33. The van der Waals surface area contributed by atoms with Crippen LogP contribution in [0.2, 0.25) is 0 Å². The molecule has 1 atom stereocenters. The molecule has 0 aromatic carbocycles. The van der Waals surface area contributed by atoms with Crippen LogP contribution in [0.5, 0.6) is 0 Å². The highest BCUT2D eigenvalue weighted by Gasteiger charge is 2.25. The highest BCUT2D eigenvalue weighted by atomic mass is 79.9. The van der Waals surface area contributed by atoms with E-state index in [1.54, 1.807) is 6.33 Å². The Balaban J connectivity index is 2.13. The van der Waals surface area contributed by atoms with Crippen LogP contribution in [0.1, 0.15) is 26.2 Å². The Hall–Kier alpha value is -0.880. The number of nitrogens with two attached hydrogens (primary N) is 1. The lowest BCUT2D eigenvalue weighted by Gasteiger charge is -2.19. The summed E-state index contributed by atoms with van der Waals surface area (Å²) in [5.74, 6) is 7.76. The van der Waals surface area contributed by atoms with Gasteiger partial charge in [-0.25, -0.2) is 15.8 Å². The average Bonchev–Trinajstić information content (AvgIpc) is 2.78. The van der Waals surface area contributed by atoms with Crippen molar-refractivity contribution in [3.05, 3.63) is 10.8 Å². The number of hydrogen-bond acceptors (Lipinski definition) is 5. The van der Waals surface area contributed by atoms with E-state index in [-0.39, 0.29) is 0 Å². The van der Waals surface area contributed by atoms with Crippen molar-refractivity contribution in [3.63, 3.8) is 0 Å². The highest BCUT2D eigenvalue weighted by molar-refractivity contribution is 9.10. The standard InChI is InChI=1S/C11H18BrN5/c1-2-3-8-4-5-17(6-8)11-9(12)10(16-13)14-7-15-11/h7-8H,2-6,13H2,1H3,(H,14,15,16). The monoisotopic (exact) mass is 299 g/mol. The maximum absolute atomic E-state index is 5.40. The molecular weight excluding hydrogens is 282 g/mol. The van der Waals surface area contributed by atoms with Gasteiger partial charge in [0.05, 0.1) is 0 Å². The third-order valence-electron chi connectivity index (χ3n) is 3.19. The van der Waals surface area contributed by atoms with E-state index >= 15 is 0 Å². The van der Waals surface area contributed by atoms with Gasteiger partial charge in [-0.2, -0.15) is 0 Å². The van der Waals surface area contributed by atoms with Crippen molar-refractivity contribution in [2.75, 3.05) is 23.4 Å². The average molecular weight is 300 g/mol. The number of nitrogens with zero attached hydrogens (tertiary/aromatic N) is 3. The van der Waals surface area contributed by atoms with E-state index in [0.29, 0.717) is 5.82 Å². The van der Waals surface area contributed by atoms with Gasteiger partial charge in [0.15, 0.2) is 5.82 Å². The number of hydrogen-bond donors (Lipinski definition) is 2. The summed E-state index contributed by atoms with van der Waals surface area (Å²) in [4.78, 5) is 10.7. The number of halogens is 1. The van der Waals surface area contributed by atoms with E-state index in [4.69, 9.17) is 5.84 Å². The van der Waals surface area contributed by atoms with E-state index in [9.17, 15) is 0 Å². The van der Waals surface area contributed by atoms with Crippen LogP contribution in [0.25, 0.3) is 0 Å². The minimum atomic E-state index is 0.633. The lowest BCUT2D eigenvalue weighted by molar-refractivity contribution is 0.529. The van der Waals surface area contributed by atoms with Crippen LogP contribution < -0.4 is 16.2 Å². The molecule has 0 spiro atoms. The predicted molar refractivity (Wildman–Crippen MR) is 72.8 cm³/mol. The summed E-state index contributed by atoms with van der Waals surface area (Å²) < 4.78 is 0.847. The Kier molecular flexibility index (Phi) is 4.17. The summed E-state index contributed by atoms with van der Waals surface area (Å²) in [5.41, 5.74) is 2.57. The maximum atomic E-state index is 5.40. The molecule has 0 radical (unpaired) electrons. The molecule has 6 heteroatoms. The molecule has 0 saturated carbocycles. The first-order chi connectivity index (χ1) is 8.26. The van der Waals surface area contributed by atoms with Crippen molar-refractivity contribution in [1.82, 2.24) is 9.97 Å². The summed E-state index contributed by atoms with van der Waals surface area (Å²) in [6.45, 7) is 4.37. The summed E-state index contributed by atoms with van der Waals surface area (Å²) >= 11 is 3.50. The van der Waals surface area contributed by atoms with Crippen molar-refractivity contribution < 1.29 is 0 Å². The van der Waals surface area contributed by atoms with Gasteiger partial charge >= 0.3 is 0 Å². The number of rotatable bonds is 4. The summed E-state index contributed by atoms with van der Waals surface area (Å²) in [6, 6.07) is 0. The Morgan fingerprint density at radius 1 is 1.59 bits per heavy atom. The van der Waals surface area contributed by atoms with Gasteiger partial charge in [0.1, 0.15) is 16.6 Å². The number of nitrogens with one attached hydrogen (secondary N) is 1. The van der Waals surface area contributed by atoms with Gasteiger partial charge in [-0.15, -0.1) is 0 Å². The minimum absolute atomic E-state index is 0.633. The van der Waals surface area contributed by atoms with Crippen molar-refractivity contribution in [2.24, 2.45) is 11.8 Å². The van der Waals surface area contributed by atoms with E-state index in [1.165, 1.54) is 19.3 Å². The molecule has 1 aliphatic rings. The van der Waals surface area contributed by atoms with Gasteiger partial charge in [-0.1, -0.05) is 13.3 Å². The molecule has 0 bridgehead atoms. The number of hydrazine groups is 1. The normalized spacial score (nSPS) is 19.7. The molecule has 2 rings (SSSR count). The molecule has 1 fully saturated rings. The fourth-order valence-electron chi connectivity index (χ4n) is 2.35. The van der Waals surface area contributed by atoms with Crippen LogP contribution >= 0.6 is 15.9 Å². The molecule has 94 valence electrons. The van der Waals surface area contributed by atoms with Crippen molar-refractivity contribution in [3.8, 4) is 0 Å². The number of anilines is 2. The van der Waals surface area contributed by atoms with Crippen LogP contribution in [0, 0.1) is 5.92 Å². The van der Waals surface area contributed by atoms with E-state index < -0.39 is 0 Å². The fourth-order valence-corrected chi connectivity index (χ4v) is 2.92.